The first-order valence-corrected chi connectivity index (χ1v) is 8.76. The van der Waals surface area contributed by atoms with Crippen molar-refractivity contribution in [1.82, 2.24) is 10.3 Å². The van der Waals surface area contributed by atoms with Gasteiger partial charge in [0.1, 0.15) is 17.2 Å². The second kappa shape index (κ2) is 7.91. The molecule has 0 fully saturated rings. The maximum Gasteiger partial charge on any atom is 0.268 e. The maximum absolute atomic E-state index is 12.5. The van der Waals surface area contributed by atoms with E-state index in [1.807, 2.05) is 54.6 Å². The molecule has 0 spiro atoms. The molecule has 0 aliphatic heterocycles. The van der Waals surface area contributed by atoms with Crippen LogP contribution in [0, 0.1) is 13.8 Å². The van der Waals surface area contributed by atoms with Gasteiger partial charge in [-0.3, -0.25) is 9.59 Å². The van der Waals surface area contributed by atoms with Crippen LogP contribution < -0.4 is 10.1 Å². The number of amides is 1. The summed E-state index contributed by atoms with van der Waals surface area (Å²) in [6.07, 6.45) is 0. The molecular weight excluding hydrogens is 340 g/mol. The fourth-order valence-corrected chi connectivity index (χ4v) is 3.12. The molecule has 2 aromatic carbocycles. The van der Waals surface area contributed by atoms with Crippen molar-refractivity contribution < 1.29 is 14.3 Å². The van der Waals surface area contributed by atoms with Gasteiger partial charge in [0.15, 0.2) is 5.78 Å². The fourth-order valence-electron chi connectivity index (χ4n) is 3.12. The Hall–Kier alpha value is -3.34. The minimum Gasteiger partial charge on any atom is -0.457 e. The zero-order chi connectivity index (χ0) is 19.4. The molecule has 0 saturated heterocycles. The lowest BCUT2D eigenvalue weighted by atomic mass is 10.1. The first kappa shape index (κ1) is 18.5. The number of carbonyl (C=O) groups excluding carboxylic acids is 2. The van der Waals surface area contributed by atoms with Gasteiger partial charge < -0.3 is 15.0 Å². The van der Waals surface area contributed by atoms with Crippen molar-refractivity contribution in [3.63, 3.8) is 0 Å². The molecule has 1 heterocycles. The number of hydrogen-bond donors (Lipinski definition) is 2. The highest BCUT2D eigenvalue weighted by Crippen LogP contribution is 2.22. The van der Waals surface area contributed by atoms with Crippen LogP contribution in [-0.4, -0.2) is 16.7 Å². The highest BCUT2D eigenvalue weighted by molar-refractivity contribution is 6.02. The van der Waals surface area contributed by atoms with Gasteiger partial charge in [-0.25, -0.2) is 0 Å². The number of benzene rings is 2. The summed E-state index contributed by atoms with van der Waals surface area (Å²) < 4.78 is 5.82. The number of rotatable bonds is 6. The molecular formula is C22H22N2O3. The number of Topliss-reactive ketones (excluding diaryl/α,β-unsaturated/α-hetero) is 1. The quantitative estimate of drug-likeness (QED) is 0.632. The van der Waals surface area contributed by atoms with E-state index in [1.54, 1.807) is 13.8 Å². The lowest BCUT2D eigenvalue weighted by Gasteiger charge is -2.09. The van der Waals surface area contributed by atoms with Crippen LogP contribution in [0.1, 0.15) is 44.6 Å². The summed E-state index contributed by atoms with van der Waals surface area (Å²) in [4.78, 5) is 27.3. The summed E-state index contributed by atoms with van der Waals surface area (Å²) in [5, 5.41) is 2.89. The second-order valence-electron chi connectivity index (χ2n) is 6.43. The van der Waals surface area contributed by atoms with E-state index in [4.69, 9.17) is 4.74 Å². The Morgan fingerprint density at radius 1 is 1.00 bits per heavy atom. The van der Waals surface area contributed by atoms with Crippen LogP contribution in [0.5, 0.6) is 11.5 Å². The molecule has 1 amide bonds. The van der Waals surface area contributed by atoms with E-state index in [2.05, 4.69) is 10.3 Å². The Kier molecular flexibility index (Phi) is 5.41. The first-order chi connectivity index (χ1) is 13.0. The number of H-pyrrole nitrogens is 1. The maximum atomic E-state index is 12.5. The Morgan fingerprint density at radius 2 is 1.70 bits per heavy atom. The van der Waals surface area contributed by atoms with Gasteiger partial charge in [-0.15, -0.1) is 0 Å². The minimum absolute atomic E-state index is 0.0499. The molecule has 1 aromatic heterocycles. The summed E-state index contributed by atoms with van der Waals surface area (Å²) in [5.74, 6) is 1.18. The van der Waals surface area contributed by atoms with E-state index in [0.717, 1.165) is 11.3 Å². The van der Waals surface area contributed by atoms with E-state index in [9.17, 15) is 9.59 Å². The second-order valence-corrected chi connectivity index (χ2v) is 6.43. The zero-order valence-electron chi connectivity index (χ0n) is 15.6. The summed E-state index contributed by atoms with van der Waals surface area (Å²) in [6, 6.07) is 17.1. The topological polar surface area (TPSA) is 71.2 Å². The molecule has 0 aliphatic rings. The van der Waals surface area contributed by atoms with E-state index in [-0.39, 0.29) is 11.7 Å². The van der Waals surface area contributed by atoms with Crippen molar-refractivity contribution >= 4 is 11.7 Å². The summed E-state index contributed by atoms with van der Waals surface area (Å²) in [6.45, 7) is 5.44. The van der Waals surface area contributed by atoms with E-state index in [1.165, 1.54) is 6.92 Å². The van der Waals surface area contributed by atoms with Gasteiger partial charge in [0.25, 0.3) is 5.91 Å². The molecule has 0 bridgehead atoms. The molecule has 3 rings (SSSR count). The molecule has 0 atom stereocenters. The molecule has 0 aliphatic carbocycles. The van der Waals surface area contributed by atoms with Crippen LogP contribution in [-0.2, 0) is 6.54 Å². The van der Waals surface area contributed by atoms with Crippen LogP contribution in [0.3, 0.4) is 0 Å². The highest BCUT2D eigenvalue weighted by Gasteiger charge is 2.19. The summed E-state index contributed by atoms with van der Waals surface area (Å²) >= 11 is 0. The number of aryl methyl sites for hydroxylation is 1. The van der Waals surface area contributed by atoms with Crippen molar-refractivity contribution in [3.8, 4) is 11.5 Å². The smallest absolute Gasteiger partial charge is 0.268 e. The van der Waals surface area contributed by atoms with Crippen molar-refractivity contribution in [2.45, 2.75) is 27.3 Å². The average molecular weight is 362 g/mol. The highest BCUT2D eigenvalue weighted by atomic mass is 16.5. The Bertz CT molecular complexity index is 974. The largest absolute Gasteiger partial charge is 0.457 e. The van der Waals surface area contributed by atoms with Gasteiger partial charge in [0.05, 0.1) is 0 Å². The van der Waals surface area contributed by atoms with Crippen molar-refractivity contribution in [1.29, 1.82) is 0 Å². The van der Waals surface area contributed by atoms with Crippen LogP contribution >= 0.6 is 0 Å². The van der Waals surface area contributed by atoms with E-state index in [0.29, 0.717) is 34.8 Å². The number of para-hydroxylation sites is 1. The van der Waals surface area contributed by atoms with Crippen LogP contribution in [0.4, 0.5) is 0 Å². The molecule has 0 unspecified atom stereocenters. The lowest BCUT2D eigenvalue weighted by molar-refractivity contribution is 0.0945. The number of nitrogens with one attached hydrogen (secondary N) is 2. The van der Waals surface area contributed by atoms with Gasteiger partial charge in [0, 0.05) is 17.8 Å². The molecule has 5 nitrogen and oxygen atoms in total. The molecule has 5 heteroatoms. The lowest BCUT2D eigenvalue weighted by Crippen LogP contribution is -2.24. The fraction of sp³-hybridized carbons (Fsp3) is 0.182. The predicted molar refractivity (Wildman–Crippen MR) is 104 cm³/mol. The van der Waals surface area contributed by atoms with E-state index < -0.39 is 0 Å². The average Bonchev–Trinajstić information content (AvgIpc) is 2.95. The number of ether oxygens (including phenoxy) is 1. The normalized spacial score (nSPS) is 10.5. The van der Waals surface area contributed by atoms with Crippen LogP contribution in [0.2, 0.25) is 0 Å². The number of ketones is 1. The number of aromatic amines is 1. The molecule has 3 aromatic rings. The van der Waals surface area contributed by atoms with Gasteiger partial charge in [-0.1, -0.05) is 30.3 Å². The van der Waals surface area contributed by atoms with Crippen molar-refractivity contribution in [2.75, 3.05) is 0 Å². The SMILES string of the molecule is CC(=O)c1c(C)[nH]c(C(=O)NCc2cccc(Oc3ccccc3)c2)c1C. The van der Waals surface area contributed by atoms with E-state index >= 15 is 0 Å². The van der Waals surface area contributed by atoms with Crippen LogP contribution in [0.15, 0.2) is 54.6 Å². The zero-order valence-corrected chi connectivity index (χ0v) is 15.6. The van der Waals surface area contributed by atoms with Crippen molar-refractivity contribution in [2.24, 2.45) is 0 Å². The summed E-state index contributed by atoms with van der Waals surface area (Å²) in [7, 11) is 0. The number of aromatic nitrogens is 1. The van der Waals surface area contributed by atoms with Crippen molar-refractivity contribution in [3.05, 3.63) is 82.7 Å². The minimum atomic E-state index is -0.238. The van der Waals surface area contributed by atoms with Crippen LogP contribution in [0.25, 0.3) is 0 Å². The summed E-state index contributed by atoms with van der Waals surface area (Å²) in [5.41, 5.74) is 3.32. The Labute approximate surface area is 158 Å². The first-order valence-electron chi connectivity index (χ1n) is 8.76. The standard InChI is InChI=1S/C22H22N2O3/c1-14-20(16(3)25)15(2)24-21(14)22(26)23-13-17-8-7-11-19(12-17)27-18-9-5-4-6-10-18/h4-12,24H,13H2,1-3H3,(H,23,26). The Morgan fingerprint density at radius 3 is 2.37 bits per heavy atom. The third-order valence-corrected chi connectivity index (χ3v) is 4.35. The number of hydrogen-bond acceptors (Lipinski definition) is 3. The number of carbonyl (C=O) groups is 2. The molecule has 0 saturated carbocycles. The monoisotopic (exact) mass is 362 g/mol. The molecule has 2 N–H and O–H groups in total. The third-order valence-electron chi connectivity index (χ3n) is 4.35. The van der Waals surface area contributed by atoms with Gasteiger partial charge >= 0.3 is 0 Å². The predicted octanol–water partition coefficient (Wildman–Crippen LogP) is 4.56. The van der Waals surface area contributed by atoms with Gasteiger partial charge in [-0.05, 0) is 56.2 Å². The molecule has 138 valence electrons. The third kappa shape index (κ3) is 4.26. The van der Waals surface area contributed by atoms with Gasteiger partial charge in [-0.2, -0.15) is 0 Å². The van der Waals surface area contributed by atoms with Gasteiger partial charge in [0.2, 0.25) is 0 Å². The molecule has 27 heavy (non-hydrogen) atoms. The molecule has 0 radical (unpaired) electrons. The Balaban J connectivity index is 1.68.